The molecule has 8 heteroatoms. The number of benzene rings is 1. The predicted octanol–water partition coefficient (Wildman–Crippen LogP) is 3.51. The van der Waals surface area contributed by atoms with Gasteiger partial charge in [-0.2, -0.15) is 0 Å². The summed E-state index contributed by atoms with van der Waals surface area (Å²) in [5.41, 5.74) is -2.54. The Labute approximate surface area is 120 Å². The van der Waals surface area contributed by atoms with Crippen LogP contribution < -0.4 is 3.73 Å². The Balaban J connectivity index is 2.59. The second-order valence-electron chi connectivity index (χ2n) is 2.99. The van der Waals surface area contributed by atoms with Crippen LogP contribution in [0.2, 0.25) is 0 Å². The number of hydrogen-bond donors (Lipinski definition) is 0. The molecule has 1 aromatic rings. The van der Waals surface area contributed by atoms with Gasteiger partial charge in [0.25, 0.3) is 0 Å². The Kier molecular flexibility index (Phi) is 7.69. The van der Waals surface area contributed by atoms with Crippen molar-refractivity contribution in [1.82, 2.24) is 0 Å². The van der Waals surface area contributed by atoms with Gasteiger partial charge < -0.3 is 0 Å². The van der Waals surface area contributed by atoms with Crippen molar-refractivity contribution < 1.29 is 16.5 Å². The van der Waals surface area contributed by atoms with Gasteiger partial charge >= 0.3 is 121 Å². The zero-order valence-corrected chi connectivity index (χ0v) is 14.5. The zero-order valence-electron chi connectivity index (χ0n) is 10.1. The quantitative estimate of drug-likeness (QED) is 0.516. The van der Waals surface area contributed by atoms with Crippen LogP contribution in [0.4, 0.5) is 0 Å². The van der Waals surface area contributed by atoms with E-state index < -0.39 is 19.5 Å². The summed E-state index contributed by atoms with van der Waals surface area (Å²) in [5, 5.41) is 0. The van der Waals surface area contributed by atoms with Crippen LogP contribution in [0, 0.1) is 0 Å². The van der Waals surface area contributed by atoms with Gasteiger partial charge in [0.05, 0.1) is 0 Å². The normalized spacial score (nSPS) is 12.2. The number of rotatable bonds is 8. The number of hydrogen-bond acceptors (Lipinski definition) is 6. The summed E-state index contributed by atoms with van der Waals surface area (Å²) >= 11 is 2.45. The molecule has 0 amide bonds. The van der Waals surface area contributed by atoms with Crippen molar-refractivity contribution in [1.29, 1.82) is 0 Å². The fraction of sp³-hybridized carbons (Fsp3) is 0.400. The van der Waals surface area contributed by atoms with Crippen LogP contribution in [0.15, 0.2) is 30.3 Å². The van der Waals surface area contributed by atoms with Gasteiger partial charge in [0, 0.05) is 0 Å². The van der Waals surface area contributed by atoms with E-state index in [0.717, 1.165) is 9.64 Å². The van der Waals surface area contributed by atoms with E-state index in [9.17, 15) is 3.74 Å². The fourth-order valence-electron chi connectivity index (χ4n) is 1.07. The molecular formula is C10H15AsO4PS2. The summed E-state index contributed by atoms with van der Waals surface area (Å²) in [6.45, 7) is 4.55. The second kappa shape index (κ2) is 8.47. The first-order valence-corrected chi connectivity index (χ1v) is 13.2. The summed E-state index contributed by atoms with van der Waals surface area (Å²) in [6.07, 6.45) is 0. The van der Waals surface area contributed by atoms with E-state index in [1.54, 1.807) is 12.1 Å². The molecule has 0 aliphatic heterocycles. The molecule has 1 rings (SSSR count). The Morgan fingerprint density at radius 3 is 2.28 bits per heavy atom. The van der Waals surface area contributed by atoms with Gasteiger partial charge in [-0.1, -0.05) is 0 Å². The van der Waals surface area contributed by atoms with Crippen LogP contribution in [0.5, 0.6) is 5.75 Å². The number of para-hydroxylation sites is 1. The first-order valence-electron chi connectivity index (χ1n) is 5.38. The molecule has 0 heterocycles. The van der Waals surface area contributed by atoms with E-state index >= 15 is 0 Å². The van der Waals surface area contributed by atoms with Crippen molar-refractivity contribution in [3.63, 3.8) is 0 Å². The molecule has 18 heavy (non-hydrogen) atoms. The Hall–Kier alpha value is 0.298. The average Bonchev–Trinajstić information content (AvgIpc) is 2.30. The standard InChI is InChI=1S/C10H15AsO4PS2/c1-3-13-16(17,14-4-2)18-11(12)15-10-8-6-5-7-9-10/h5-9H,3-4H2,1-2H3. The SMILES string of the molecule is CCOP(=S)(OCC)S[As](=O)Oc1ccccc1. The van der Waals surface area contributed by atoms with Gasteiger partial charge in [-0.05, 0) is 0 Å². The van der Waals surface area contributed by atoms with E-state index in [0.29, 0.717) is 19.0 Å². The van der Waals surface area contributed by atoms with Gasteiger partial charge in [-0.3, -0.25) is 0 Å². The molecule has 0 spiro atoms. The fourth-order valence-corrected chi connectivity index (χ4v) is 13.3. The molecule has 1 unspecified atom stereocenters. The van der Waals surface area contributed by atoms with Crippen molar-refractivity contribution in [3.8, 4) is 5.75 Å². The topological polar surface area (TPSA) is 44.8 Å². The molecule has 101 valence electrons. The maximum absolute atomic E-state index is 11.9. The molecular weight excluding hydrogens is 354 g/mol. The van der Waals surface area contributed by atoms with Gasteiger partial charge in [0.2, 0.25) is 0 Å². The van der Waals surface area contributed by atoms with E-state index in [-0.39, 0.29) is 0 Å². The molecule has 0 saturated heterocycles. The van der Waals surface area contributed by atoms with Crippen molar-refractivity contribution in [3.05, 3.63) is 30.3 Å². The Morgan fingerprint density at radius 2 is 1.78 bits per heavy atom. The van der Waals surface area contributed by atoms with Crippen LogP contribution in [-0.4, -0.2) is 27.0 Å². The third-order valence-electron chi connectivity index (χ3n) is 1.66. The average molecular weight is 369 g/mol. The van der Waals surface area contributed by atoms with Crippen LogP contribution in [0.25, 0.3) is 0 Å². The van der Waals surface area contributed by atoms with E-state index in [1.165, 1.54) is 0 Å². The molecule has 0 fully saturated rings. The summed E-state index contributed by atoms with van der Waals surface area (Å²) in [4.78, 5) is 0. The summed E-state index contributed by atoms with van der Waals surface area (Å²) < 4.78 is 28.1. The monoisotopic (exact) mass is 369 g/mol. The summed E-state index contributed by atoms with van der Waals surface area (Å²) in [7, 11) is 1.04. The molecule has 0 bridgehead atoms. The summed E-state index contributed by atoms with van der Waals surface area (Å²) in [5.74, 6) is 0.578. The second-order valence-corrected chi connectivity index (χ2v) is 14.6. The first-order chi connectivity index (χ1) is 8.59. The molecule has 1 radical (unpaired) electrons. The third-order valence-corrected chi connectivity index (χ3v) is 16.0. The molecule has 0 N–H and O–H groups in total. The molecule has 0 saturated carbocycles. The van der Waals surface area contributed by atoms with Crippen molar-refractivity contribution in [2.24, 2.45) is 0 Å². The zero-order chi connectivity index (χ0) is 13.4. The van der Waals surface area contributed by atoms with Crippen molar-refractivity contribution in [2.45, 2.75) is 13.8 Å². The predicted molar refractivity (Wildman–Crippen MR) is 78.6 cm³/mol. The first kappa shape index (κ1) is 16.4. The summed E-state index contributed by atoms with van der Waals surface area (Å²) in [6, 6.07) is 9.02. The van der Waals surface area contributed by atoms with E-state index in [2.05, 4.69) is 0 Å². The third kappa shape index (κ3) is 5.96. The van der Waals surface area contributed by atoms with Gasteiger partial charge in [0.1, 0.15) is 0 Å². The maximum atomic E-state index is 11.9. The molecule has 0 aliphatic rings. The molecule has 1 aromatic carbocycles. The minimum atomic E-state index is -2.83. The van der Waals surface area contributed by atoms with Crippen LogP contribution in [0.3, 0.4) is 0 Å². The van der Waals surface area contributed by atoms with E-state index in [4.69, 9.17) is 24.6 Å². The van der Waals surface area contributed by atoms with Gasteiger partial charge in [-0.15, -0.1) is 0 Å². The van der Waals surface area contributed by atoms with Crippen LogP contribution in [0.1, 0.15) is 13.8 Å². The van der Waals surface area contributed by atoms with Crippen molar-refractivity contribution >= 4 is 40.9 Å². The molecule has 0 aliphatic carbocycles. The minimum absolute atomic E-state index is 0.442. The molecule has 0 aromatic heterocycles. The molecule has 4 nitrogen and oxygen atoms in total. The Bertz CT molecular complexity index is 419. The van der Waals surface area contributed by atoms with Gasteiger partial charge in [0.15, 0.2) is 0 Å². The van der Waals surface area contributed by atoms with Crippen LogP contribution >= 0.6 is 15.3 Å². The molecule has 1 atom stereocenters. The Morgan fingerprint density at radius 1 is 1.22 bits per heavy atom. The van der Waals surface area contributed by atoms with Crippen LogP contribution in [-0.2, 0) is 24.6 Å². The van der Waals surface area contributed by atoms with E-state index in [1.807, 2.05) is 32.0 Å². The van der Waals surface area contributed by atoms with Gasteiger partial charge in [-0.25, -0.2) is 0 Å². The van der Waals surface area contributed by atoms with Crippen molar-refractivity contribution in [2.75, 3.05) is 13.2 Å².